The number of nitrogens with one attached hydrogen (secondary N) is 1. The van der Waals surface area contributed by atoms with Crippen molar-refractivity contribution >= 4 is 34.8 Å². The van der Waals surface area contributed by atoms with E-state index < -0.39 is 9.75 Å². The first-order valence-electron chi connectivity index (χ1n) is 7.19. The van der Waals surface area contributed by atoms with Crippen LogP contribution >= 0.6 is 23.2 Å². The molecule has 0 unspecified atom stereocenters. The topological polar surface area (TPSA) is 29.1 Å². The Hall–Kier alpha value is -1.51. The Labute approximate surface area is 140 Å². The Bertz CT molecular complexity index is 727. The summed E-state index contributed by atoms with van der Waals surface area (Å²) in [6, 6.07) is 15.3. The first-order valence-corrected chi connectivity index (χ1v) is 7.95. The Morgan fingerprint density at radius 2 is 1.68 bits per heavy atom. The van der Waals surface area contributed by atoms with E-state index in [-0.39, 0.29) is 5.91 Å². The van der Waals surface area contributed by atoms with Crippen molar-refractivity contribution in [2.75, 3.05) is 5.32 Å². The average Bonchev–Trinajstić information content (AvgIpc) is 3.09. The maximum atomic E-state index is 12.9. The van der Waals surface area contributed by atoms with Gasteiger partial charge in [-0.15, -0.1) is 23.2 Å². The lowest BCUT2D eigenvalue weighted by atomic mass is 9.94. The predicted octanol–water partition coefficient (Wildman–Crippen LogP) is 4.76. The zero-order chi connectivity index (χ0) is 16.0. The van der Waals surface area contributed by atoms with Crippen molar-refractivity contribution in [2.45, 2.75) is 30.0 Å². The number of aryl methyl sites for hydroxylation is 1. The molecule has 1 aliphatic rings. The first kappa shape index (κ1) is 15.4. The summed E-state index contributed by atoms with van der Waals surface area (Å²) in [5, 5.41) is 3.00. The van der Waals surface area contributed by atoms with Crippen molar-refractivity contribution in [1.29, 1.82) is 0 Å². The summed E-state index contributed by atoms with van der Waals surface area (Å²) >= 11 is 12.7. The van der Waals surface area contributed by atoms with Gasteiger partial charge in [-0.3, -0.25) is 4.79 Å². The van der Waals surface area contributed by atoms with Crippen LogP contribution in [0.4, 0.5) is 5.69 Å². The molecule has 22 heavy (non-hydrogen) atoms. The van der Waals surface area contributed by atoms with Crippen LogP contribution in [0.3, 0.4) is 0 Å². The van der Waals surface area contributed by atoms with Crippen LogP contribution in [0.15, 0.2) is 48.5 Å². The first-order chi connectivity index (χ1) is 10.4. The molecule has 0 saturated heterocycles. The van der Waals surface area contributed by atoms with Gasteiger partial charge >= 0.3 is 0 Å². The van der Waals surface area contributed by atoms with E-state index in [1.165, 1.54) is 0 Å². The van der Waals surface area contributed by atoms with Gasteiger partial charge in [0.25, 0.3) is 0 Å². The fraction of sp³-hybridized carbons (Fsp3) is 0.278. The summed E-state index contributed by atoms with van der Waals surface area (Å²) in [6.07, 6.45) is 0.420. The van der Waals surface area contributed by atoms with E-state index in [1.54, 1.807) is 0 Å². The minimum absolute atomic E-state index is 0.155. The number of anilines is 1. The Morgan fingerprint density at radius 3 is 2.27 bits per heavy atom. The van der Waals surface area contributed by atoms with Crippen LogP contribution in [0.25, 0.3) is 0 Å². The summed E-state index contributed by atoms with van der Waals surface area (Å²) in [4.78, 5) is 12.9. The molecule has 0 radical (unpaired) electrons. The van der Waals surface area contributed by atoms with Crippen molar-refractivity contribution in [3.63, 3.8) is 0 Å². The van der Waals surface area contributed by atoms with Crippen LogP contribution in [0.2, 0.25) is 0 Å². The number of alkyl halides is 2. The molecule has 0 heterocycles. The maximum absolute atomic E-state index is 12.9. The molecule has 0 spiro atoms. The van der Waals surface area contributed by atoms with E-state index in [1.807, 2.05) is 62.4 Å². The summed E-state index contributed by atoms with van der Waals surface area (Å²) in [5.74, 6) is -0.155. The van der Waals surface area contributed by atoms with Crippen LogP contribution in [-0.4, -0.2) is 10.2 Å². The van der Waals surface area contributed by atoms with Crippen LogP contribution in [0.1, 0.15) is 23.1 Å². The summed E-state index contributed by atoms with van der Waals surface area (Å²) in [7, 11) is 0. The molecule has 1 atom stereocenters. The van der Waals surface area contributed by atoms with Gasteiger partial charge in [-0.25, -0.2) is 0 Å². The molecule has 2 aromatic carbocycles. The molecule has 2 aromatic rings. The average molecular weight is 334 g/mol. The van der Waals surface area contributed by atoms with E-state index in [2.05, 4.69) is 5.32 Å². The highest BCUT2D eigenvalue weighted by molar-refractivity contribution is 6.54. The van der Waals surface area contributed by atoms with Crippen LogP contribution in [-0.2, 0) is 10.2 Å². The third kappa shape index (κ3) is 2.31. The van der Waals surface area contributed by atoms with Crippen LogP contribution < -0.4 is 5.32 Å². The molecule has 4 heteroatoms. The lowest BCUT2D eigenvalue weighted by Gasteiger charge is -2.19. The number of rotatable bonds is 3. The fourth-order valence-electron chi connectivity index (χ4n) is 2.82. The second kappa shape index (κ2) is 5.29. The van der Waals surface area contributed by atoms with E-state index in [0.29, 0.717) is 6.42 Å². The minimum Gasteiger partial charge on any atom is -0.325 e. The molecule has 1 aliphatic carbocycles. The molecule has 114 valence electrons. The van der Waals surface area contributed by atoms with E-state index in [4.69, 9.17) is 23.2 Å². The number of carbonyl (C=O) groups excluding carboxylic acids is 1. The summed E-state index contributed by atoms with van der Waals surface area (Å²) in [6.45, 7) is 4.00. The van der Waals surface area contributed by atoms with Gasteiger partial charge in [-0.2, -0.15) is 0 Å². The highest BCUT2D eigenvalue weighted by atomic mass is 35.5. The van der Waals surface area contributed by atoms with E-state index in [9.17, 15) is 4.79 Å². The predicted molar refractivity (Wildman–Crippen MR) is 91.7 cm³/mol. The number of halogens is 2. The Balaban J connectivity index is 1.95. The molecular formula is C18H17Cl2NO. The molecular weight excluding hydrogens is 317 g/mol. The monoisotopic (exact) mass is 333 g/mol. The normalized spacial score (nSPS) is 22.2. The van der Waals surface area contributed by atoms with Crippen LogP contribution in [0, 0.1) is 13.8 Å². The maximum Gasteiger partial charge on any atom is 0.238 e. The molecule has 1 amide bonds. The second-order valence-corrected chi connectivity index (χ2v) is 7.34. The summed E-state index contributed by atoms with van der Waals surface area (Å²) < 4.78 is -1.06. The minimum atomic E-state index is -1.06. The van der Waals surface area contributed by atoms with Crippen molar-refractivity contribution in [3.8, 4) is 0 Å². The molecule has 1 saturated carbocycles. The third-order valence-corrected chi connectivity index (χ3v) is 5.41. The van der Waals surface area contributed by atoms with Gasteiger partial charge in [0.05, 0.1) is 0 Å². The summed E-state index contributed by atoms with van der Waals surface area (Å²) in [5.41, 5.74) is 2.95. The highest BCUT2D eigenvalue weighted by Gasteiger charge is 2.72. The molecule has 0 aromatic heterocycles. The zero-order valence-electron chi connectivity index (χ0n) is 12.5. The molecule has 0 bridgehead atoms. The van der Waals surface area contributed by atoms with E-state index in [0.717, 1.165) is 22.4 Å². The van der Waals surface area contributed by atoms with Gasteiger partial charge in [0.1, 0.15) is 9.75 Å². The Morgan fingerprint density at radius 1 is 1.05 bits per heavy atom. The van der Waals surface area contributed by atoms with Gasteiger partial charge in [0, 0.05) is 12.1 Å². The number of carbonyl (C=O) groups is 1. The Kier molecular flexibility index (Phi) is 3.70. The molecule has 1 N–H and O–H groups in total. The van der Waals surface area contributed by atoms with Gasteiger partial charge in [-0.05, 0) is 36.6 Å². The number of hydrogen-bond acceptors (Lipinski definition) is 1. The van der Waals surface area contributed by atoms with Gasteiger partial charge in [0.15, 0.2) is 0 Å². The van der Waals surface area contributed by atoms with E-state index >= 15 is 0 Å². The van der Waals surface area contributed by atoms with Crippen molar-refractivity contribution in [2.24, 2.45) is 0 Å². The number of amides is 1. The van der Waals surface area contributed by atoms with Crippen LogP contribution in [0.5, 0.6) is 0 Å². The highest BCUT2D eigenvalue weighted by Crippen LogP contribution is 2.65. The standard InChI is InChI=1S/C18H17Cl2NO/c1-12-7-6-10-15(13(12)2)21-16(22)17(11-18(17,19)20)14-8-4-3-5-9-14/h3-10H,11H2,1-2H3,(H,21,22)/t17-/m1/s1. The number of hydrogen-bond donors (Lipinski definition) is 1. The quantitative estimate of drug-likeness (QED) is 0.806. The fourth-order valence-corrected chi connectivity index (χ4v) is 3.61. The second-order valence-electron chi connectivity index (χ2n) is 5.85. The lowest BCUT2D eigenvalue weighted by Crippen LogP contribution is -2.32. The molecule has 2 nitrogen and oxygen atoms in total. The SMILES string of the molecule is Cc1cccc(NC(=O)[C@]2(c3ccccc3)CC2(Cl)Cl)c1C. The smallest absolute Gasteiger partial charge is 0.238 e. The number of benzene rings is 2. The zero-order valence-corrected chi connectivity index (χ0v) is 14.0. The van der Waals surface area contributed by atoms with Gasteiger partial charge in [-0.1, -0.05) is 42.5 Å². The van der Waals surface area contributed by atoms with Gasteiger partial charge in [0.2, 0.25) is 5.91 Å². The molecule has 3 rings (SSSR count). The van der Waals surface area contributed by atoms with Crippen molar-refractivity contribution in [1.82, 2.24) is 0 Å². The van der Waals surface area contributed by atoms with Gasteiger partial charge < -0.3 is 5.32 Å². The van der Waals surface area contributed by atoms with Crippen molar-refractivity contribution in [3.05, 3.63) is 65.2 Å². The molecule has 0 aliphatic heterocycles. The van der Waals surface area contributed by atoms with Crippen molar-refractivity contribution < 1.29 is 4.79 Å². The largest absolute Gasteiger partial charge is 0.325 e. The lowest BCUT2D eigenvalue weighted by molar-refractivity contribution is -0.118. The molecule has 1 fully saturated rings. The third-order valence-electron chi connectivity index (χ3n) is 4.49.